The smallest absolute Gasteiger partial charge is 0.337 e. The summed E-state index contributed by atoms with van der Waals surface area (Å²) in [6, 6.07) is 5.58. The van der Waals surface area contributed by atoms with Gasteiger partial charge in [-0.1, -0.05) is 12.1 Å². The molecular formula is C13H18N2O4. The number of anilines is 1. The highest BCUT2D eigenvalue weighted by Gasteiger charge is 2.22. The van der Waals surface area contributed by atoms with Crippen molar-refractivity contribution in [2.45, 2.75) is 12.5 Å². The van der Waals surface area contributed by atoms with Crippen LogP contribution in [0.2, 0.25) is 0 Å². The topological polar surface area (TPSA) is 92.9 Å². The summed E-state index contributed by atoms with van der Waals surface area (Å²) in [7, 11) is 3.04. The molecule has 0 aliphatic rings. The summed E-state index contributed by atoms with van der Waals surface area (Å²) in [5.74, 6) is -1.42. The Balaban J connectivity index is 2.91. The molecule has 1 atom stereocenters. The monoisotopic (exact) mass is 266 g/mol. The summed E-state index contributed by atoms with van der Waals surface area (Å²) in [6.45, 7) is 0.376. The average molecular weight is 266 g/mol. The molecule has 0 saturated heterocycles. The lowest BCUT2D eigenvalue weighted by molar-refractivity contribution is -0.119. The van der Waals surface area contributed by atoms with Crippen molar-refractivity contribution in [2.24, 2.45) is 5.73 Å². The number of methoxy groups -OCH3 is 1. The third-order valence-corrected chi connectivity index (χ3v) is 2.78. The molecule has 19 heavy (non-hydrogen) atoms. The number of amides is 1. The van der Waals surface area contributed by atoms with Crippen molar-refractivity contribution in [2.75, 3.05) is 25.7 Å². The minimum Gasteiger partial charge on any atom is -0.478 e. The molecule has 0 aliphatic carbocycles. The number of nitrogens with two attached hydrogens (primary N) is 1. The van der Waals surface area contributed by atoms with E-state index in [1.54, 1.807) is 18.2 Å². The summed E-state index contributed by atoms with van der Waals surface area (Å²) in [5.41, 5.74) is 6.14. The summed E-state index contributed by atoms with van der Waals surface area (Å²) in [6.07, 6.45) is 0.384. The zero-order valence-electron chi connectivity index (χ0n) is 11.0. The van der Waals surface area contributed by atoms with Crippen LogP contribution < -0.4 is 10.6 Å². The lowest BCUT2D eigenvalue weighted by Crippen LogP contribution is -2.43. The van der Waals surface area contributed by atoms with Gasteiger partial charge in [-0.3, -0.25) is 4.79 Å². The van der Waals surface area contributed by atoms with Crippen LogP contribution in [-0.2, 0) is 9.53 Å². The SMILES string of the molecule is COCCC(N)C(=O)N(C)c1ccccc1C(=O)O. The van der Waals surface area contributed by atoms with Gasteiger partial charge in [-0.2, -0.15) is 0 Å². The highest BCUT2D eigenvalue weighted by molar-refractivity contribution is 6.03. The minimum atomic E-state index is -1.08. The number of carbonyl (C=O) groups excluding carboxylic acids is 1. The zero-order chi connectivity index (χ0) is 14.4. The van der Waals surface area contributed by atoms with Crippen LogP contribution in [0.5, 0.6) is 0 Å². The fourth-order valence-electron chi connectivity index (χ4n) is 1.68. The van der Waals surface area contributed by atoms with Gasteiger partial charge in [0.05, 0.1) is 17.3 Å². The molecule has 0 saturated carbocycles. The number of ether oxygens (including phenoxy) is 1. The van der Waals surface area contributed by atoms with E-state index >= 15 is 0 Å². The first-order valence-corrected chi connectivity index (χ1v) is 5.83. The van der Waals surface area contributed by atoms with Gasteiger partial charge in [0.2, 0.25) is 5.91 Å². The van der Waals surface area contributed by atoms with Crippen molar-refractivity contribution >= 4 is 17.6 Å². The molecule has 1 aromatic rings. The Labute approximate surface area is 111 Å². The van der Waals surface area contributed by atoms with Crippen LogP contribution >= 0.6 is 0 Å². The molecule has 104 valence electrons. The molecule has 1 aromatic carbocycles. The summed E-state index contributed by atoms with van der Waals surface area (Å²) in [4.78, 5) is 24.4. The third kappa shape index (κ3) is 3.77. The molecular weight excluding hydrogens is 248 g/mol. The van der Waals surface area contributed by atoms with Gasteiger partial charge in [0.25, 0.3) is 0 Å². The van der Waals surface area contributed by atoms with E-state index in [-0.39, 0.29) is 11.5 Å². The molecule has 1 unspecified atom stereocenters. The van der Waals surface area contributed by atoms with Crippen LogP contribution in [0, 0.1) is 0 Å². The number of benzene rings is 1. The number of nitrogens with zero attached hydrogens (tertiary/aromatic N) is 1. The van der Waals surface area contributed by atoms with E-state index in [0.29, 0.717) is 18.7 Å². The number of aromatic carboxylic acids is 1. The maximum absolute atomic E-state index is 12.1. The number of rotatable bonds is 6. The van der Waals surface area contributed by atoms with Gasteiger partial charge in [0, 0.05) is 20.8 Å². The van der Waals surface area contributed by atoms with Gasteiger partial charge in [-0.25, -0.2) is 4.79 Å². The summed E-state index contributed by atoms with van der Waals surface area (Å²) in [5, 5.41) is 9.09. The first-order valence-electron chi connectivity index (χ1n) is 5.83. The average Bonchev–Trinajstić information content (AvgIpc) is 2.42. The molecule has 0 aliphatic heterocycles. The molecule has 1 rings (SSSR count). The van der Waals surface area contributed by atoms with E-state index in [1.807, 2.05) is 0 Å². The van der Waals surface area contributed by atoms with E-state index in [4.69, 9.17) is 15.6 Å². The Bertz CT molecular complexity index is 462. The van der Waals surface area contributed by atoms with Crippen LogP contribution in [-0.4, -0.2) is 43.8 Å². The lowest BCUT2D eigenvalue weighted by atomic mass is 10.1. The maximum Gasteiger partial charge on any atom is 0.337 e. The first-order chi connectivity index (χ1) is 8.99. The Kier molecular flexibility index (Phi) is 5.47. The number of para-hydroxylation sites is 1. The molecule has 0 radical (unpaired) electrons. The number of carboxylic acids is 1. The van der Waals surface area contributed by atoms with E-state index in [2.05, 4.69) is 0 Å². The van der Waals surface area contributed by atoms with Gasteiger partial charge in [0.1, 0.15) is 0 Å². The Morgan fingerprint density at radius 1 is 1.42 bits per heavy atom. The van der Waals surface area contributed by atoms with Crippen LogP contribution in [0.25, 0.3) is 0 Å². The van der Waals surface area contributed by atoms with Crippen molar-refractivity contribution in [3.8, 4) is 0 Å². The lowest BCUT2D eigenvalue weighted by Gasteiger charge is -2.22. The predicted molar refractivity (Wildman–Crippen MR) is 71.3 cm³/mol. The maximum atomic E-state index is 12.1. The number of carbonyl (C=O) groups is 2. The van der Waals surface area contributed by atoms with Gasteiger partial charge in [0.15, 0.2) is 0 Å². The second-order valence-electron chi connectivity index (χ2n) is 4.11. The number of hydrogen-bond donors (Lipinski definition) is 2. The van der Waals surface area contributed by atoms with Crippen LogP contribution in [0.15, 0.2) is 24.3 Å². The molecule has 6 nitrogen and oxygen atoms in total. The van der Waals surface area contributed by atoms with Crippen LogP contribution in [0.4, 0.5) is 5.69 Å². The van der Waals surface area contributed by atoms with Crippen molar-refractivity contribution < 1.29 is 19.4 Å². The first kappa shape index (κ1) is 15.1. The summed E-state index contributed by atoms with van der Waals surface area (Å²) < 4.78 is 4.87. The second kappa shape index (κ2) is 6.86. The van der Waals surface area contributed by atoms with Crippen molar-refractivity contribution in [1.82, 2.24) is 0 Å². The quantitative estimate of drug-likeness (QED) is 0.791. The normalized spacial score (nSPS) is 11.9. The number of hydrogen-bond acceptors (Lipinski definition) is 4. The van der Waals surface area contributed by atoms with Gasteiger partial charge < -0.3 is 20.5 Å². The van der Waals surface area contributed by atoms with Gasteiger partial charge in [-0.15, -0.1) is 0 Å². The number of carboxylic acid groups (broad SMARTS) is 1. The Morgan fingerprint density at radius 3 is 2.63 bits per heavy atom. The van der Waals surface area contributed by atoms with Crippen molar-refractivity contribution in [3.63, 3.8) is 0 Å². The van der Waals surface area contributed by atoms with E-state index in [1.165, 1.54) is 25.1 Å². The minimum absolute atomic E-state index is 0.0669. The van der Waals surface area contributed by atoms with Gasteiger partial charge >= 0.3 is 5.97 Å². The molecule has 0 spiro atoms. The largest absolute Gasteiger partial charge is 0.478 e. The standard InChI is InChI=1S/C13H18N2O4/c1-15(12(16)10(14)7-8-19-2)11-6-4-3-5-9(11)13(17)18/h3-6,10H,7-8,14H2,1-2H3,(H,17,18). The predicted octanol–water partition coefficient (Wildman–Crippen LogP) is 0.711. The van der Waals surface area contributed by atoms with E-state index in [0.717, 1.165) is 0 Å². The van der Waals surface area contributed by atoms with E-state index < -0.39 is 12.0 Å². The van der Waals surface area contributed by atoms with Gasteiger partial charge in [-0.05, 0) is 18.6 Å². The van der Waals surface area contributed by atoms with Crippen molar-refractivity contribution in [1.29, 1.82) is 0 Å². The second-order valence-corrected chi connectivity index (χ2v) is 4.11. The number of likely N-dealkylation sites (N-methyl/N-ethyl adjacent to an activating group) is 1. The summed E-state index contributed by atoms with van der Waals surface area (Å²) >= 11 is 0. The van der Waals surface area contributed by atoms with Crippen LogP contribution in [0.1, 0.15) is 16.8 Å². The van der Waals surface area contributed by atoms with Crippen LogP contribution in [0.3, 0.4) is 0 Å². The molecule has 0 bridgehead atoms. The highest BCUT2D eigenvalue weighted by atomic mass is 16.5. The van der Waals surface area contributed by atoms with E-state index in [9.17, 15) is 9.59 Å². The fraction of sp³-hybridized carbons (Fsp3) is 0.385. The molecule has 0 aromatic heterocycles. The molecule has 0 heterocycles. The fourth-order valence-corrected chi connectivity index (χ4v) is 1.68. The Hall–Kier alpha value is -1.92. The molecule has 0 fully saturated rings. The molecule has 1 amide bonds. The molecule has 6 heteroatoms. The Morgan fingerprint density at radius 2 is 2.05 bits per heavy atom. The van der Waals surface area contributed by atoms with Crippen molar-refractivity contribution in [3.05, 3.63) is 29.8 Å². The zero-order valence-corrected chi connectivity index (χ0v) is 11.0. The third-order valence-electron chi connectivity index (χ3n) is 2.78. The highest BCUT2D eigenvalue weighted by Crippen LogP contribution is 2.19. The molecule has 3 N–H and O–H groups in total.